The standard InChI is InChI=1S/C26H34FN3OS.ClH/c1-3-21(2)29-20-30(23-8-5-4-6-9-23)26(25(29)31)14-17-28(18-15-26)16-7-19-32-24-12-10-22(27)11-13-24;/h4-6,8-13,21H,3,7,14-20H2,1-2H3;1H. The van der Waals surface area contributed by atoms with Crippen molar-refractivity contribution in [1.29, 1.82) is 0 Å². The highest BCUT2D eigenvalue weighted by Gasteiger charge is 2.54. The normalized spacial score (nSPS) is 19.1. The second-order valence-corrected chi connectivity index (χ2v) is 10.1. The molecule has 180 valence electrons. The SMILES string of the molecule is CCC(C)N1CN(c2ccccc2)C2(CCN(CCCSc3ccc(F)cc3)CC2)C1=O.Cl. The lowest BCUT2D eigenvalue weighted by Gasteiger charge is -2.43. The zero-order chi connectivity index (χ0) is 22.6. The number of likely N-dealkylation sites (tertiary alicyclic amines) is 1. The van der Waals surface area contributed by atoms with Crippen LogP contribution in [0.25, 0.3) is 0 Å². The quantitative estimate of drug-likeness (QED) is 0.351. The Hall–Kier alpha value is -1.76. The van der Waals surface area contributed by atoms with Crippen LogP contribution in [0, 0.1) is 5.82 Å². The van der Waals surface area contributed by atoms with Crippen LogP contribution in [0.3, 0.4) is 0 Å². The maximum absolute atomic E-state index is 13.6. The lowest BCUT2D eigenvalue weighted by Crippen LogP contribution is -2.56. The van der Waals surface area contributed by atoms with E-state index < -0.39 is 5.54 Å². The van der Waals surface area contributed by atoms with Gasteiger partial charge in [-0.2, -0.15) is 0 Å². The topological polar surface area (TPSA) is 26.8 Å². The number of carbonyl (C=O) groups excluding carboxylic acids is 1. The van der Waals surface area contributed by atoms with Crippen LogP contribution < -0.4 is 4.90 Å². The van der Waals surface area contributed by atoms with Crippen LogP contribution in [-0.4, -0.2) is 59.3 Å². The van der Waals surface area contributed by atoms with Gasteiger partial charge in [-0.05, 0) is 81.3 Å². The predicted molar refractivity (Wildman–Crippen MR) is 138 cm³/mol. The summed E-state index contributed by atoms with van der Waals surface area (Å²) in [4.78, 5) is 21.7. The minimum atomic E-state index is -0.413. The molecule has 0 radical (unpaired) electrons. The zero-order valence-electron chi connectivity index (χ0n) is 19.6. The van der Waals surface area contributed by atoms with E-state index in [1.807, 2.05) is 18.2 Å². The summed E-state index contributed by atoms with van der Waals surface area (Å²) in [5.74, 6) is 1.14. The largest absolute Gasteiger partial charge is 0.339 e. The van der Waals surface area contributed by atoms with Gasteiger partial charge in [0.2, 0.25) is 5.91 Å². The Morgan fingerprint density at radius 2 is 1.73 bits per heavy atom. The summed E-state index contributed by atoms with van der Waals surface area (Å²) >= 11 is 1.78. The Morgan fingerprint density at radius 3 is 2.36 bits per heavy atom. The minimum Gasteiger partial charge on any atom is -0.339 e. The number of amides is 1. The number of carbonyl (C=O) groups is 1. The third kappa shape index (κ3) is 5.67. The number of rotatable bonds is 8. The fourth-order valence-corrected chi connectivity index (χ4v) is 5.71. The Labute approximate surface area is 207 Å². The van der Waals surface area contributed by atoms with Gasteiger partial charge in [0.05, 0.1) is 6.67 Å². The summed E-state index contributed by atoms with van der Waals surface area (Å²) in [5.41, 5.74) is 0.736. The van der Waals surface area contributed by atoms with E-state index in [4.69, 9.17) is 0 Å². The van der Waals surface area contributed by atoms with E-state index in [2.05, 4.69) is 52.8 Å². The lowest BCUT2D eigenvalue weighted by molar-refractivity contribution is -0.135. The van der Waals surface area contributed by atoms with Crippen LogP contribution in [0.4, 0.5) is 10.1 Å². The van der Waals surface area contributed by atoms with Gasteiger partial charge >= 0.3 is 0 Å². The third-order valence-corrected chi connectivity index (χ3v) is 8.14. The van der Waals surface area contributed by atoms with Crippen LogP contribution in [0.15, 0.2) is 59.5 Å². The van der Waals surface area contributed by atoms with E-state index in [-0.39, 0.29) is 24.3 Å². The maximum atomic E-state index is 13.6. The molecule has 0 aliphatic carbocycles. The van der Waals surface area contributed by atoms with Gasteiger partial charge in [-0.15, -0.1) is 24.2 Å². The van der Waals surface area contributed by atoms with Crippen molar-refractivity contribution >= 4 is 35.8 Å². The average molecular weight is 492 g/mol. The number of hydrogen-bond acceptors (Lipinski definition) is 4. The lowest BCUT2D eigenvalue weighted by atomic mass is 9.85. The van der Waals surface area contributed by atoms with Crippen LogP contribution in [0.5, 0.6) is 0 Å². The second kappa shape index (κ2) is 11.6. The van der Waals surface area contributed by atoms with Crippen molar-refractivity contribution < 1.29 is 9.18 Å². The van der Waals surface area contributed by atoms with E-state index in [1.165, 1.54) is 12.1 Å². The van der Waals surface area contributed by atoms with Gasteiger partial charge in [0.15, 0.2) is 0 Å². The minimum absolute atomic E-state index is 0. The van der Waals surface area contributed by atoms with Gasteiger partial charge in [-0.25, -0.2) is 4.39 Å². The molecule has 2 aliphatic heterocycles. The Balaban J connectivity index is 0.00000306. The predicted octanol–water partition coefficient (Wildman–Crippen LogP) is 5.67. The first-order valence-electron chi connectivity index (χ1n) is 11.8. The number of anilines is 1. The molecule has 0 aromatic heterocycles. The number of thioether (sulfide) groups is 1. The van der Waals surface area contributed by atoms with E-state index in [9.17, 15) is 9.18 Å². The molecular weight excluding hydrogens is 457 g/mol. The molecule has 33 heavy (non-hydrogen) atoms. The van der Waals surface area contributed by atoms with E-state index in [0.29, 0.717) is 12.6 Å². The number of halogens is 2. The first kappa shape index (κ1) is 25.9. The summed E-state index contributed by atoms with van der Waals surface area (Å²) in [6, 6.07) is 17.4. The average Bonchev–Trinajstić information content (AvgIpc) is 3.11. The molecule has 1 spiro atoms. The van der Waals surface area contributed by atoms with Gasteiger partial charge < -0.3 is 14.7 Å². The molecule has 0 saturated carbocycles. The Bertz CT molecular complexity index is 890. The molecule has 2 heterocycles. The highest BCUT2D eigenvalue weighted by Crippen LogP contribution is 2.40. The summed E-state index contributed by atoms with van der Waals surface area (Å²) in [6.45, 7) is 7.94. The number of benzene rings is 2. The molecule has 4 nitrogen and oxygen atoms in total. The first-order valence-corrected chi connectivity index (χ1v) is 12.8. The van der Waals surface area contributed by atoms with Crippen LogP contribution >= 0.6 is 24.2 Å². The molecule has 1 amide bonds. The van der Waals surface area contributed by atoms with Crippen molar-refractivity contribution in [2.24, 2.45) is 0 Å². The van der Waals surface area contributed by atoms with Crippen molar-refractivity contribution in [2.45, 2.75) is 56.0 Å². The molecule has 0 N–H and O–H groups in total. The molecule has 1 atom stereocenters. The molecule has 2 aromatic carbocycles. The van der Waals surface area contributed by atoms with Gasteiger partial charge in [0.25, 0.3) is 0 Å². The van der Waals surface area contributed by atoms with E-state index in [1.54, 1.807) is 11.8 Å². The maximum Gasteiger partial charge on any atom is 0.250 e. The smallest absolute Gasteiger partial charge is 0.250 e. The summed E-state index contributed by atoms with van der Waals surface area (Å²) < 4.78 is 13.0. The number of para-hydroxylation sites is 1. The molecule has 0 bridgehead atoms. The van der Waals surface area contributed by atoms with Gasteiger partial charge in [-0.3, -0.25) is 4.79 Å². The second-order valence-electron chi connectivity index (χ2n) is 8.97. The zero-order valence-corrected chi connectivity index (χ0v) is 21.2. The monoisotopic (exact) mass is 491 g/mol. The van der Waals surface area contributed by atoms with Gasteiger partial charge in [-0.1, -0.05) is 25.1 Å². The van der Waals surface area contributed by atoms with Crippen molar-refractivity contribution in [1.82, 2.24) is 9.80 Å². The highest BCUT2D eigenvalue weighted by molar-refractivity contribution is 7.99. The van der Waals surface area contributed by atoms with Crippen LogP contribution in [0.1, 0.15) is 39.5 Å². The fourth-order valence-electron chi connectivity index (χ4n) is 4.87. The number of piperidine rings is 1. The molecule has 2 aromatic rings. The summed E-state index contributed by atoms with van der Waals surface area (Å²) in [5, 5.41) is 0. The van der Waals surface area contributed by atoms with Crippen molar-refractivity contribution in [2.75, 3.05) is 37.0 Å². The van der Waals surface area contributed by atoms with E-state index >= 15 is 0 Å². The fraction of sp³-hybridized carbons (Fsp3) is 0.500. The molecule has 4 rings (SSSR count). The third-order valence-electron chi connectivity index (χ3n) is 7.04. The van der Waals surface area contributed by atoms with Crippen LogP contribution in [-0.2, 0) is 4.79 Å². The molecular formula is C26H35ClFN3OS. The summed E-state index contributed by atoms with van der Waals surface area (Å²) in [6.07, 6.45) is 3.81. The molecule has 2 saturated heterocycles. The van der Waals surface area contributed by atoms with Crippen molar-refractivity contribution in [3.05, 3.63) is 60.4 Å². The van der Waals surface area contributed by atoms with Crippen molar-refractivity contribution in [3.63, 3.8) is 0 Å². The van der Waals surface area contributed by atoms with Gasteiger partial charge in [0, 0.05) is 29.7 Å². The molecule has 2 fully saturated rings. The molecule has 1 unspecified atom stereocenters. The first-order chi connectivity index (χ1) is 15.5. The summed E-state index contributed by atoms with van der Waals surface area (Å²) in [7, 11) is 0. The molecule has 7 heteroatoms. The number of nitrogens with zero attached hydrogens (tertiary/aromatic N) is 3. The van der Waals surface area contributed by atoms with Gasteiger partial charge in [0.1, 0.15) is 11.4 Å². The van der Waals surface area contributed by atoms with E-state index in [0.717, 1.165) is 61.7 Å². The van der Waals surface area contributed by atoms with Crippen LogP contribution in [0.2, 0.25) is 0 Å². The number of hydrogen-bond donors (Lipinski definition) is 0. The highest BCUT2D eigenvalue weighted by atomic mass is 35.5. The van der Waals surface area contributed by atoms with Crippen molar-refractivity contribution in [3.8, 4) is 0 Å². The Morgan fingerprint density at radius 1 is 1.06 bits per heavy atom. The molecule has 2 aliphatic rings. The Kier molecular flexibility index (Phi) is 9.08.